The van der Waals surface area contributed by atoms with Gasteiger partial charge in [0, 0.05) is 29.7 Å². The van der Waals surface area contributed by atoms with Gasteiger partial charge in [0.15, 0.2) is 0 Å². The maximum Gasteiger partial charge on any atom is 0.253 e. The molecule has 3 rings (SSSR count). The number of fused-ring (bicyclic) bond motifs is 1. The van der Waals surface area contributed by atoms with E-state index < -0.39 is 0 Å². The van der Waals surface area contributed by atoms with Gasteiger partial charge in [0.1, 0.15) is 0 Å². The van der Waals surface area contributed by atoms with Gasteiger partial charge in [-0.1, -0.05) is 48.5 Å². The zero-order chi connectivity index (χ0) is 18.7. The number of aromatic nitrogens is 1. The Morgan fingerprint density at radius 3 is 2.42 bits per heavy atom. The topological polar surface area (TPSA) is 45.2 Å². The Balaban J connectivity index is 2.03. The minimum atomic E-state index is -0.0839. The number of benzene rings is 2. The summed E-state index contributed by atoms with van der Waals surface area (Å²) in [6.45, 7) is 4.88. The van der Waals surface area contributed by atoms with Crippen molar-refractivity contribution >= 4 is 16.7 Å². The van der Waals surface area contributed by atoms with Gasteiger partial charge >= 0.3 is 0 Å². The third-order valence-electron chi connectivity index (χ3n) is 4.46. The molecule has 0 spiro atoms. The number of aryl methyl sites for hydroxylation is 1. The molecule has 3 aromatic rings. The molecule has 0 aliphatic rings. The predicted molar refractivity (Wildman–Crippen MR) is 107 cm³/mol. The minimum absolute atomic E-state index is 0.0623. The number of hydrogen-bond acceptors (Lipinski definition) is 3. The third kappa shape index (κ3) is 3.75. The number of carbonyl (C=O) groups excluding carboxylic acids is 1. The van der Waals surface area contributed by atoms with Crippen LogP contribution < -0.4 is 5.32 Å². The molecule has 1 heterocycles. The van der Waals surface area contributed by atoms with Crippen molar-refractivity contribution in [1.29, 1.82) is 0 Å². The third-order valence-corrected chi connectivity index (χ3v) is 4.46. The Kier molecular flexibility index (Phi) is 5.33. The highest BCUT2D eigenvalue weighted by molar-refractivity contribution is 6.10. The molecule has 0 fully saturated rings. The summed E-state index contributed by atoms with van der Waals surface area (Å²) in [4.78, 5) is 19.5. The summed E-state index contributed by atoms with van der Waals surface area (Å²) in [6, 6.07) is 16.2. The van der Waals surface area contributed by atoms with Gasteiger partial charge in [-0.2, -0.15) is 0 Å². The molecule has 2 aromatic carbocycles. The fourth-order valence-corrected chi connectivity index (χ4v) is 3.32. The molecule has 134 valence electrons. The molecule has 4 nitrogen and oxygen atoms in total. The lowest BCUT2D eigenvalue weighted by Crippen LogP contribution is -2.39. The maximum atomic E-state index is 12.8. The molecule has 1 amide bonds. The molecule has 0 saturated heterocycles. The van der Waals surface area contributed by atoms with Crippen molar-refractivity contribution in [3.63, 3.8) is 0 Å². The Labute approximate surface area is 154 Å². The molecule has 0 bridgehead atoms. The Bertz CT molecular complexity index is 934. The lowest BCUT2D eigenvalue weighted by Gasteiger charge is -2.19. The van der Waals surface area contributed by atoms with Crippen molar-refractivity contribution in [3.8, 4) is 11.3 Å². The van der Waals surface area contributed by atoms with Crippen molar-refractivity contribution < 1.29 is 4.79 Å². The van der Waals surface area contributed by atoms with E-state index in [9.17, 15) is 4.79 Å². The van der Waals surface area contributed by atoms with Crippen LogP contribution in [0.3, 0.4) is 0 Å². The number of likely N-dealkylation sites (N-methyl/N-ethyl adjacent to an activating group) is 1. The summed E-state index contributed by atoms with van der Waals surface area (Å²) < 4.78 is 0. The normalized spacial score (nSPS) is 12.3. The number of rotatable bonds is 5. The van der Waals surface area contributed by atoms with Gasteiger partial charge in [-0.15, -0.1) is 0 Å². The number of nitrogens with zero attached hydrogens (tertiary/aromatic N) is 2. The van der Waals surface area contributed by atoms with E-state index in [4.69, 9.17) is 0 Å². The highest BCUT2D eigenvalue weighted by Crippen LogP contribution is 2.30. The Morgan fingerprint density at radius 1 is 1.08 bits per heavy atom. The second-order valence-electron chi connectivity index (χ2n) is 7.02. The molecular weight excluding hydrogens is 322 g/mol. The van der Waals surface area contributed by atoms with E-state index in [2.05, 4.69) is 34.3 Å². The van der Waals surface area contributed by atoms with E-state index in [0.717, 1.165) is 28.6 Å². The van der Waals surface area contributed by atoms with Crippen LogP contribution in [0, 0.1) is 6.92 Å². The molecular formula is C22H25N3O. The lowest BCUT2D eigenvalue weighted by atomic mass is 9.98. The summed E-state index contributed by atoms with van der Waals surface area (Å²) in [6.07, 6.45) is 1.70. The molecule has 1 aromatic heterocycles. The van der Waals surface area contributed by atoms with Crippen molar-refractivity contribution in [3.05, 3.63) is 65.9 Å². The zero-order valence-electron chi connectivity index (χ0n) is 15.8. The first-order valence-electron chi connectivity index (χ1n) is 8.86. The number of amides is 1. The number of pyridine rings is 1. The molecule has 1 atom stereocenters. The molecule has 1 N–H and O–H groups in total. The van der Waals surface area contributed by atoms with Gasteiger partial charge in [-0.3, -0.25) is 9.78 Å². The maximum absolute atomic E-state index is 12.8. The van der Waals surface area contributed by atoms with E-state index in [1.54, 1.807) is 6.20 Å². The van der Waals surface area contributed by atoms with Crippen LogP contribution in [-0.4, -0.2) is 42.5 Å². The fourth-order valence-electron chi connectivity index (χ4n) is 3.32. The standard InChI is InChI=1S/C22H25N3O/c1-15-9-5-6-10-17(15)21-19-12-8-7-11-18(19)20(13-23-21)22(26)24-16(2)14-25(3)4/h5-13,16H,14H2,1-4H3,(H,24,26). The molecule has 0 aliphatic carbocycles. The van der Waals surface area contributed by atoms with Crippen molar-refractivity contribution in [1.82, 2.24) is 15.2 Å². The molecule has 4 heteroatoms. The van der Waals surface area contributed by atoms with Gasteiger partial charge in [-0.05, 0) is 38.9 Å². The molecule has 0 saturated carbocycles. The monoisotopic (exact) mass is 347 g/mol. The van der Waals surface area contributed by atoms with Gasteiger partial charge in [-0.25, -0.2) is 0 Å². The average molecular weight is 347 g/mol. The van der Waals surface area contributed by atoms with Gasteiger partial charge in [0.05, 0.1) is 11.3 Å². The van der Waals surface area contributed by atoms with Gasteiger partial charge in [0.2, 0.25) is 0 Å². The van der Waals surface area contributed by atoms with Crippen LogP contribution >= 0.6 is 0 Å². The molecule has 0 radical (unpaired) electrons. The van der Waals surface area contributed by atoms with Gasteiger partial charge < -0.3 is 10.2 Å². The first-order chi connectivity index (χ1) is 12.5. The van der Waals surface area contributed by atoms with E-state index in [1.165, 1.54) is 5.56 Å². The number of hydrogen-bond donors (Lipinski definition) is 1. The quantitative estimate of drug-likeness (QED) is 0.761. The first kappa shape index (κ1) is 18.1. The van der Waals surface area contributed by atoms with Crippen LogP contribution in [0.25, 0.3) is 22.0 Å². The summed E-state index contributed by atoms with van der Waals surface area (Å²) in [7, 11) is 3.99. The van der Waals surface area contributed by atoms with Crippen LogP contribution in [0.4, 0.5) is 0 Å². The van der Waals surface area contributed by atoms with Crippen LogP contribution in [0.15, 0.2) is 54.7 Å². The SMILES string of the molecule is Cc1ccccc1-c1ncc(C(=O)NC(C)CN(C)C)c2ccccc12. The summed E-state index contributed by atoms with van der Waals surface area (Å²) in [5, 5.41) is 4.99. The second kappa shape index (κ2) is 7.67. The fraction of sp³-hybridized carbons (Fsp3) is 0.273. The zero-order valence-corrected chi connectivity index (χ0v) is 15.8. The summed E-state index contributed by atoms with van der Waals surface area (Å²) >= 11 is 0. The number of nitrogens with one attached hydrogen (secondary N) is 1. The van der Waals surface area contributed by atoms with Crippen LogP contribution in [-0.2, 0) is 0 Å². The van der Waals surface area contributed by atoms with Crippen LogP contribution in [0.1, 0.15) is 22.8 Å². The summed E-state index contributed by atoms with van der Waals surface area (Å²) in [5.41, 5.74) is 3.79. The molecule has 1 unspecified atom stereocenters. The van der Waals surface area contributed by atoms with Crippen molar-refractivity contribution in [2.75, 3.05) is 20.6 Å². The van der Waals surface area contributed by atoms with E-state index >= 15 is 0 Å². The summed E-state index contributed by atoms with van der Waals surface area (Å²) in [5.74, 6) is -0.0839. The van der Waals surface area contributed by atoms with E-state index in [0.29, 0.717) is 5.56 Å². The molecule has 26 heavy (non-hydrogen) atoms. The van der Waals surface area contributed by atoms with Crippen LogP contribution in [0.5, 0.6) is 0 Å². The average Bonchev–Trinajstić information content (AvgIpc) is 2.60. The lowest BCUT2D eigenvalue weighted by molar-refractivity contribution is 0.0935. The van der Waals surface area contributed by atoms with Crippen molar-refractivity contribution in [2.45, 2.75) is 19.9 Å². The van der Waals surface area contributed by atoms with E-state index in [-0.39, 0.29) is 11.9 Å². The van der Waals surface area contributed by atoms with Gasteiger partial charge in [0.25, 0.3) is 5.91 Å². The molecule has 0 aliphatic heterocycles. The highest BCUT2D eigenvalue weighted by atomic mass is 16.1. The minimum Gasteiger partial charge on any atom is -0.348 e. The van der Waals surface area contributed by atoms with Crippen LogP contribution in [0.2, 0.25) is 0 Å². The Morgan fingerprint density at radius 2 is 1.73 bits per heavy atom. The highest BCUT2D eigenvalue weighted by Gasteiger charge is 2.17. The smallest absolute Gasteiger partial charge is 0.253 e. The first-order valence-corrected chi connectivity index (χ1v) is 8.86. The largest absolute Gasteiger partial charge is 0.348 e. The Hall–Kier alpha value is -2.72. The predicted octanol–water partition coefficient (Wildman–Crippen LogP) is 3.89. The second-order valence-corrected chi connectivity index (χ2v) is 7.02. The number of carbonyl (C=O) groups is 1. The van der Waals surface area contributed by atoms with E-state index in [1.807, 2.05) is 57.4 Å². The van der Waals surface area contributed by atoms with Crippen molar-refractivity contribution in [2.24, 2.45) is 0 Å².